The summed E-state index contributed by atoms with van der Waals surface area (Å²) in [5.41, 5.74) is 0.945. The summed E-state index contributed by atoms with van der Waals surface area (Å²) < 4.78 is 0. The molecule has 1 saturated heterocycles. The maximum absolute atomic E-state index is 9.81. The first-order valence-corrected chi connectivity index (χ1v) is 6.97. The second-order valence-electron chi connectivity index (χ2n) is 5.66. The molecule has 100 valence electrons. The number of nitrogens with zero attached hydrogens (tertiary/aromatic N) is 2. The summed E-state index contributed by atoms with van der Waals surface area (Å²) in [5.74, 6) is 2.57. The molecule has 0 radical (unpaired) electrons. The van der Waals surface area contributed by atoms with E-state index in [1.807, 2.05) is 18.3 Å². The molecule has 0 aromatic carbocycles. The molecule has 0 aliphatic carbocycles. The van der Waals surface area contributed by atoms with Crippen molar-refractivity contribution in [2.75, 3.05) is 18.0 Å². The summed E-state index contributed by atoms with van der Waals surface area (Å²) in [6.45, 7) is 8.53. The van der Waals surface area contributed by atoms with Gasteiger partial charge in [0, 0.05) is 24.8 Å². The molecule has 2 heterocycles. The van der Waals surface area contributed by atoms with E-state index in [-0.39, 0.29) is 0 Å². The predicted octanol–water partition coefficient (Wildman–Crippen LogP) is 3.01. The molecular formula is C15H24N2O. The standard InChI is InChI=1S/C15H24N2O/c1-11(2)13-6-9-17(10-7-13)15-14(12(3)18)5-4-8-16-15/h4-5,8,11-13,18H,6-7,9-10H2,1-3H3/t12-/m1/s1. The summed E-state index contributed by atoms with van der Waals surface area (Å²) in [4.78, 5) is 6.78. The third-order valence-electron chi connectivity index (χ3n) is 4.05. The van der Waals surface area contributed by atoms with Crippen molar-refractivity contribution in [2.24, 2.45) is 11.8 Å². The van der Waals surface area contributed by atoms with Gasteiger partial charge in [0.1, 0.15) is 5.82 Å². The first-order chi connectivity index (χ1) is 8.59. The maximum Gasteiger partial charge on any atom is 0.134 e. The smallest absolute Gasteiger partial charge is 0.134 e. The zero-order valence-corrected chi connectivity index (χ0v) is 11.6. The average molecular weight is 248 g/mol. The van der Waals surface area contributed by atoms with E-state index >= 15 is 0 Å². The fourth-order valence-corrected chi connectivity index (χ4v) is 2.78. The number of hydrogen-bond acceptors (Lipinski definition) is 3. The van der Waals surface area contributed by atoms with Crippen molar-refractivity contribution in [1.82, 2.24) is 4.98 Å². The fourth-order valence-electron chi connectivity index (χ4n) is 2.78. The van der Waals surface area contributed by atoms with E-state index in [4.69, 9.17) is 0 Å². The summed E-state index contributed by atoms with van der Waals surface area (Å²) in [6, 6.07) is 3.87. The van der Waals surface area contributed by atoms with Crippen molar-refractivity contribution in [2.45, 2.75) is 39.7 Å². The minimum atomic E-state index is -0.448. The van der Waals surface area contributed by atoms with E-state index in [0.29, 0.717) is 0 Å². The Bertz CT molecular complexity index is 382. The Kier molecular flexibility index (Phi) is 4.23. The molecular weight excluding hydrogens is 224 g/mol. The van der Waals surface area contributed by atoms with Gasteiger partial charge in [-0.15, -0.1) is 0 Å². The number of piperidine rings is 1. The van der Waals surface area contributed by atoms with Gasteiger partial charge in [0.25, 0.3) is 0 Å². The van der Waals surface area contributed by atoms with Crippen LogP contribution >= 0.6 is 0 Å². The van der Waals surface area contributed by atoms with Crippen molar-refractivity contribution >= 4 is 5.82 Å². The molecule has 0 saturated carbocycles. The summed E-state index contributed by atoms with van der Waals surface area (Å²) >= 11 is 0. The van der Waals surface area contributed by atoms with Crippen LogP contribution in [0.2, 0.25) is 0 Å². The number of aliphatic hydroxyl groups is 1. The van der Waals surface area contributed by atoms with Gasteiger partial charge in [-0.25, -0.2) is 4.98 Å². The summed E-state index contributed by atoms with van der Waals surface area (Å²) in [6.07, 6.45) is 3.83. The molecule has 0 amide bonds. The van der Waals surface area contributed by atoms with Gasteiger partial charge in [-0.2, -0.15) is 0 Å². The lowest BCUT2D eigenvalue weighted by molar-refractivity contribution is 0.199. The molecule has 1 aromatic heterocycles. The van der Waals surface area contributed by atoms with Crippen LogP contribution in [0.1, 0.15) is 45.3 Å². The molecule has 1 aromatic rings. The highest BCUT2D eigenvalue weighted by molar-refractivity contribution is 5.48. The molecule has 18 heavy (non-hydrogen) atoms. The fraction of sp³-hybridized carbons (Fsp3) is 0.667. The zero-order chi connectivity index (χ0) is 13.1. The molecule has 1 atom stereocenters. The van der Waals surface area contributed by atoms with Crippen molar-refractivity contribution in [3.05, 3.63) is 23.9 Å². The van der Waals surface area contributed by atoms with E-state index < -0.39 is 6.10 Å². The van der Waals surface area contributed by atoms with Gasteiger partial charge in [0.05, 0.1) is 6.10 Å². The second-order valence-corrected chi connectivity index (χ2v) is 5.66. The molecule has 1 aliphatic rings. The lowest BCUT2D eigenvalue weighted by Crippen LogP contribution is -2.36. The first kappa shape index (κ1) is 13.3. The normalized spacial score (nSPS) is 19.3. The SMILES string of the molecule is CC(C)C1CCN(c2ncccc2[C@@H](C)O)CC1. The van der Waals surface area contributed by atoms with Gasteiger partial charge in [-0.3, -0.25) is 0 Å². The predicted molar refractivity (Wildman–Crippen MR) is 74.6 cm³/mol. The van der Waals surface area contributed by atoms with Crippen molar-refractivity contribution < 1.29 is 5.11 Å². The van der Waals surface area contributed by atoms with E-state index in [0.717, 1.165) is 36.3 Å². The molecule has 1 aliphatic heterocycles. The van der Waals surface area contributed by atoms with Crippen molar-refractivity contribution in [3.8, 4) is 0 Å². The van der Waals surface area contributed by atoms with E-state index in [1.54, 1.807) is 6.92 Å². The van der Waals surface area contributed by atoms with Gasteiger partial charge in [-0.1, -0.05) is 19.9 Å². The molecule has 2 rings (SSSR count). The molecule has 1 fully saturated rings. The Balaban J connectivity index is 2.10. The van der Waals surface area contributed by atoms with Crippen molar-refractivity contribution in [1.29, 1.82) is 0 Å². The van der Waals surface area contributed by atoms with E-state index in [9.17, 15) is 5.11 Å². The Morgan fingerprint density at radius 2 is 1.94 bits per heavy atom. The quantitative estimate of drug-likeness (QED) is 0.893. The number of aliphatic hydroxyl groups excluding tert-OH is 1. The molecule has 0 bridgehead atoms. The third kappa shape index (κ3) is 2.83. The number of aromatic nitrogens is 1. The Labute approximate surface area is 110 Å². The summed E-state index contributed by atoms with van der Waals surface area (Å²) in [7, 11) is 0. The number of anilines is 1. The minimum absolute atomic E-state index is 0.448. The average Bonchev–Trinajstić information content (AvgIpc) is 2.39. The first-order valence-electron chi connectivity index (χ1n) is 6.97. The molecule has 0 spiro atoms. The van der Waals surface area contributed by atoms with E-state index in [2.05, 4.69) is 23.7 Å². The van der Waals surface area contributed by atoms with Crippen LogP contribution in [0.25, 0.3) is 0 Å². The Morgan fingerprint density at radius 3 is 2.50 bits per heavy atom. The summed E-state index contributed by atoms with van der Waals surface area (Å²) in [5, 5.41) is 9.81. The number of pyridine rings is 1. The van der Waals surface area contributed by atoms with Gasteiger partial charge >= 0.3 is 0 Å². The number of rotatable bonds is 3. The maximum atomic E-state index is 9.81. The molecule has 1 N–H and O–H groups in total. The zero-order valence-electron chi connectivity index (χ0n) is 11.6. The Morgan fingerprint density at radius 1 is 1.28 bits per heavy atom. The highest BCUT2D eigenvalue weighted by Gasteiger charge is 2.24. The van der Waals surface area contributed by atoms with Crippen LogP contribution < -0.4 is 4.90 Å². The van der Waals surface area contributed by atoms with Crippen LogP contribution in [0.3, 0.4) is 0 Å². The van der Waals surface area contributed by atoms with Crippen LogP contribution in [0.4, 0.5) is 5.82 Å². The van der Waals surface area contributed by atoms with Crippen LogP contribution in [0.5, 0.6) is 0 Å². The Hall–Kier alpha value is -1.09. The molecule has 3 heteroatoms. The number of hydrogen-bond donors (Lipinski definition) is 1. The lowest BCUT2D eigenvalue weighted by atomic mass is 9.86. The molecule has 0 unspecified atom stereocenters. The largest absolute Gasteiger partial charge is 0.389 e. The highest BCUT2D eigenvalue weighted by atomic mass is 16.3. The van der Waals surface area contributed by atoms with Crippen LogP contribution in [-0.4, -0.2) is 23.2 Å². The minimum Gasteiger partial charge on any atom is -0.389 e. The topological polar surface area (TPSA) is 36.4 Å². The van der Waals surface area contributed by atoms with Gasteiger partial charge in [0.2, 0.25) is 0 Å². The van der Waals surface area contributed by atoms with Gasteiger partial charge in [-0.05, 0) is 37.7 Å². The van der Waals surface area contributed by atoms with Crippen molar-refractivity contribution in [3.63, 3.8) is 0 Å². The second kappa shape index (κ2) is 5.70. The monoisotopic (exact) mass is 248 g/mol. The lowest BCUT2D eigenvalue weighted by Gasteiger charge is -2.35. The highest BCUT2D eigenvalue weighted by Crippen LogP contribution is 2.30. The van der Waals surface area contributed by atoms with E-state index in [1.165, 1.54) is 12.8 Å². The van der Waals surface area contributed by atoms with Crippen LogP contribution in [0, 0.1) is 11.8 Å². The van der Waals surface area contributed by atoms with Crippen LogP contribution in [0.15, 0.2) is 18.3 Å². The van der Waals surface area contributed by atoms with Gasteiger partial charge < -0.3 is 10.0 Å². The van der Waals surface area contributed by atoms with Crippen LogP contribution in [-0.2, 0) is 0 Å². The molecule has 3 nitrogen and oxygen atoms in total. The van der Waals surface area contributed by atoms with Gasteiger partial charge in [0.15, 0.2) is 0 Å². The third-order valence-corrected chi connectivity index (χ3v) is 4.05.